The molecule has 1 unspecified atom stereocenters. The fraction of sp³-hybridized carbons (Fsp3) is 0.429. The summed E-state index contributed by atoms with van der Waals surface area (Å²) in [5.41, 5.74) is 1.50. The number of nitriles is 1. The third kappa shape index (κ3) is 3.07. The minimum atomic E-state index is -0.549. The molecule has 1 atom stereocenters. The van der Waals surface area contributed by atoms with Gasteiger partial charge in [-0.05, 0) is 44.0 Å². The number of benzene rings is 1. The third-order valence-corrected chi connectivity index (χ3v) is 2.64. The molecule has 3 heteroatoms. The van der Waals surface area contributed by atoms with Gasteiger partial charge in [-0.2, -0.15) is 5.26 Å². The highest BCUT2D eigenvalue weighted by molar-refractivity contribution is 5.99. The Hall–Kier alpha value is -1.82. The first kappa shape index (κ1) is 13.2. The molecule has 0 N–H and O–H groups in total. The van der Waals surface area contributed by atoms with Gasteiger partial charge >= 0.3 is 0 Å². The van der Waals surface area contributed by atoms with E-state index < -0.39 is 5.92 Å². The van der Waals surface area contributed by atoms with Crippen molar-refractivity contribution in [2.24, 2.45) is 5.92 Å². The number of ether oxygens (including phenoxy) is 1. The van der Waals surface area contributed by atoms with Gasteiger partial charge in [0, 0.05) is 5.56 Å². The van der Waals surface area contributed by atoms with Gasteiger partial charge in [0.15, 0.2) is 5.78 Å². The van der Waals surface area contributed by atoms with Gasteiger partial charge in [0.2, 0.25) is 0 Å². The van der Waals surface area contributed by atoms with Gasteiger partial charge in [0.25, 0.3) is 0 Å². The van der Waals surface area contributed by atoms with Crippen LogP contribution in [0.15, 0.2) is 18.2 Å². The van der Waals surface area contributed by atoms with Crippen molar-refractivity contribution in [3.05, 3.63) is 29.3 Å². The van der Waals surface area contributed by atoms with Crippen LogP contribution >= 0.6 is 0 Å². The molecule has 90 valence electrons. The Morgan fingerprint density at radius 1 is 1.47 bits per heavy atom. The summed E-state index contributed by atoms with van der Waals surface area (Å²) in [5, 5.41) is 8.87. The molecule has 0 heterocycles. The summed E-state index contributed by atoms with van der Waals surface area (Å²) in [5.74, 6) is 0.127. The molecular weight excluding hydrogens is 214 g/mol. The fourth-order valence-corrected chi connectivity index (χ4v) is 1.66. The summed E-state index contributed by atoms with van der Waals surface area (Å²) in [6.45, 7) is 6.26. The van der Waals surface area contributed by atoms with Gasteiger partial charge < -0.3 is 4.74 Å². The van der Waals surface area contributed by atoms with E-state index in [-0.39, 0.29) is 5.78 Å². The lowest BCUT2D eigenvalue weighted by Gasteiger charge is -2.10. The molecule has 0 aromatic heterocycles. The van der Waals surface area contributed by atoms with Gasteiger partial charge in [0.05, 0.1) is 12.7 Å². The topological polar surface area (TPSA) is 50.1 Å². The summed E-state index contributed by atoms with van der Waals surface area (Å²) in [6, 6.07) is 7.32. The first-order valence-electron chi connectivity index (χ1n) is 5.81. The Bertz CT molecular complexity index is 446. The quantitative estimate of drug-likeness (QED) is 0.731. The molecule has 0 saturated carbocycles. The highest BCUT2D eigenvalue weighted by atomic mass is 16.5. The molecule has 0 fully saturated rings. The monoisotopic (exact) mass is 231 g/mol. The van der Waals surface area contributed by atoms with Crippen molar-refractivity contribution >= 4 is 5.78 Å². The number of carbonyl (C=O) groups excluding carboxylic acids is 1. The average molecular weight is 231 g/mol. The standard InChI is InChI=1S/C14H17NO2/c1-4-11(9-15)14(16)12-6-7-13(17-5-2)10(3)8-12/h6-8,11H,4-5H2,1-3H3. The molecule has 0 bridgehead atoms. The normalized spacial score (nSPS) is 11.6. The van der Waals surface area contributed by atoms with Crippen LogP contribution < -0.4 is 4.74 Å². The lowest BCUT2D eigenvalue weighted by molar-refractivity contribution is 0.0946. The van der Waals surface area contributed by atoms with Gasteiger partial charge in [-0.3, -0.25) is 4.79 Å². The zero-order valence-corrected chi connectivity index (χ0v) is 10.5. The molecule has 0 spiro atoms. The van der Waals surface area contributed by atoms with Crippen molar-refractivity contribution in [2.45, 2.75) is 27.2 Å². The SMILES string of the molecule is CCOc1ccc(C(=O)C(C#N)CC)cc1C. The molecule has 1 aromatic carbocycles. The van der Waals surface area contributed by atoms with E-state index in [0.29, 0.717) is 18.6 Å². The van der Waals surface area contributed by atoms with E-state index in [2.05, 4.69) is 0 Å². The number of aryl methyl sites for hydroxylation is 1. The van der Waals surface area contributed by atoms with Crippen LogP contribution in [-0.4, -0.2) is 12.4 Å². The van der Waals surface area contributed by atoms with E-state index in [1.54, 1.807) is 18.2 Å². The molecule has 1 aromatic rings. The van der Waals surface area contributed by atoms with Crippen LogP contribution in [0.3, 0.4) is 0 Å². The number of hydrogen-bond acceptors (Lipinski definition) is 3. The predicted molar refractivity (Wildman–Crippen MR) is 66.1 cm³/mol. The molecular formula is C14H17NO2. The van der Waals surface area contributed by atoms with Crippen LogP contribution in [-0.2, 0) is 0 Å². The third-order valence-electron chi connectivity index (χ3n) is 2.64. The van der Waals surface area contributed by atoms with Crippen LogP contribution in [0, 0.1) is 24.2 Å². The molecule has 0 aliphatic heterocycles. The smallest absolute Gasteiger partial charge is 0.179 e. The molecule has 0 radical (unpaired) electrons. The van der Waals surface area contributed by atoms with Crippen molar-refractivity contribution in [3.63, 3.8) is 0 Å². The Kier molecular flexibility index (Phi) is 4.71. The molecule has 0 saturated heterocycles. The first-order chi connectivity index (χ1) is 8.13. The Labute approximate surface area is 102 Å². The summed E-state index contributed by atoms with van der Waals surface area (Å²) < 4.78 is 5.41. The number of ketones is 1. The summed E-state index contributed by atoms with van der Waals surface area (Å²) in [4.78, 5) is 12.0. The zero-order chi connectivity index (χ0) is 12.8. The Morgan fingerprint density at radius 3 is 2.65 bits per heavy atom. The lowest BCUT2D eigenvalue weighted by Crippen LogP contribution is -2.12. The molecule has 1 rings (SSSR count). The molecule has 0 amide bonds. The van der Waals surface area contributed by atoms with Crippen LogP contribution in [0.25, 0.3) is 0 Å². The number of rotatable bonds is 5. The number of nitrogens with zero attached hydrogens (tertiary/aromatic N) is 1. The Balaban J connectivity index is 2.98. The second-order valence-corrected chi connectivity index (χ2v) is 3.87. The minimum absolute atomic E-state index is 0.110. The molecule has 0 aliphatic carbocycles. The van der Waals surface area contributed by atoms with Gasteiger partial charge in [0.1, 0.15) is 11.7 Å². The second kappa shape index (κ2) is 6.05. The predicted octanol–water partition coefficient (Wildman–Crippen LogP) is 3.13. The maximum atomic E-state index is 12.0. The minimum Gasteiger partial charge on any atom is -0.494 e. The van der Waals surface area contributed by atoms with E-state index in [1.807, 2.05) is 26.8 Å². The van der Waals surface area contributed by atoms with Gasteiger partial charge in [-0.15, -0.1) is 0 Å². The number of carbonyl (C=O) groups is 1. The largest absolute Gasteiger partial charge is 0.494 e. The highest BCUT2D eigenvalue weighted by Gasteiger charge is 2.18. The van der Waals surface area contributed by atoms with E-state index >= 15 is 0 Å². The second-order valence-electron chi connectivity index (χ2n) is 3.87. The summed E-state index contributed by atoms with van der Waals surface area (Å²) in [7, 11) is 0. The Morgan fingerprint density at radius 2 is 2.18 bits per heavy atom. The van der Waals surface area contributed by atoms with Crippen LogP contribution in [0.4, 0.5) is 0 Å². The average Bonchev–Trinajstić information content (AvgIpc) is 2.33. The van der Waals surface area contributed by atoms with E-state index in [0.717, 1.165) is 11.3 Å². The highest BCUT2D eigenvalue weighted by Crippen LogP contribution is 2.21. The van der Waals surface area contributed by atoms with Crippen molar-refractivity contribution < 1.29 is 9.53 Å². The van der Waals surface area contributed by atoms with Crippen molar-refractivity contribution in [1.29, 1.82) is 5.26 Å². The van der Waals surface area contributed by atoms with Gasteiger partial charge in [-0.1, -0.05) is 6.92 Å². The van der Waals surface area contributed by atoms with E-state index in [4.69, 9.17) is 10.00 Å². The zero-order valence-electron chi connectivity index (χ0n) is 10.5. The van der Waals surface area contributed by atoms with E-state index in [1.165, 1.54) is 0 Å². The lowest BCUT2D eigenvalue weighted by atomic mass is 9.95. The fourth-order valence-electron chi connectivity index (χ4n) is 1.66. The summed E-state index contributed by atoms with van der Waals surface area (Å²) >= 11 is 0. The van der Waals surface area contributed by atoms with E-state index in [9.17, 15) is 4.79 Å². The van der Waals surface area contributed by atoms with Crippen LogP contribution in [0.5, 0.6) is 5.75 Å². The number of Topliss-reactive ketones (excluding diaryl/α,β-unsaturated/α-hetero) is 1. The molecule has 0 aliphatic rings. The van der Waals surface area contributed by atoms with Crippen molar-refractivity contribution in [3.8, 4) is 11.8 Å². The van der Waals surface area contributed by atoms with Crippen molar-refractivity contribution in [2.75, 3.05) is 6.61 Å². The maximum absolute atomic E-state index is 12.0. The van der Waals surface area contributed by atoms with Crippen molar-refractivity contribution in [1.82, 2.24) is 0 Å². The molecule has 17 heavy (non-hydrogen) atoms. The first-order valence-corrected chi connectivity index (χ1v) is 5.81. The van der Waals surface area contributed by atoms with Crippen LogP contribution in [0.2, 0.25) is 0 Å². The molecule has 3 nitrogen and oxygen atoms in total. The number of hydrogen-bond donors (Lipinski definition) is 0. The van der Waals surface area contributed by atoms with Gasteiger partial charge in [-0.25, -0.2) is 0 Å². The summed E-state index contributed by atoms with van der Waals surface area (Å²) in [6.07, 6.45) is 0.543. The van der Waals surface area contributed by atoms with Crippen LogP contribution in [0.1, 0.15) is 36.2 Å². The maximum Gasteiger partial charge on any atom is 0.179 e.